The second-order valence-electron chi connectivity index (χ2n) is 7.52. The van der Waals surface area contributed by atoms with E-state index in [2.05, 4.69) is 4.98 Å². The van der Waals surface area contributed by atoms with Gasteiger partial charge in [-0.1, -0.05) is 25.1 Å². The minimum atomic E-state index is -2.55. The summed E-state index contributed by atoms with van der Waals surface area (Å²) in [7, 11) is 0. The van der Waals surface area contributed by atoms with Crippen LogP contribution in [-0.4, -0.2) is 34.3 Å². The zero-order chi connectivity index (χ0) is 20.6. The molecule has 4 rings (SSSR count). The summed E-state index contributed by atoms with van der Waals surface area (Å²) in [6.45, 7) is 2.67. The van der Waals surface area contributed by atoms with Crippen LogP contribution in [-0.2, 0) is 12.8 Å². The normalized spacial score (nSPS) is 16.3. The number of fused-ring (bicyclic) bond motifs is 1. The average Bonchev–Trinajstić information content (AvgIpc) is 3.09. The number of carbonyl (C=O) groups is 1. The van der Waals surface area contributed by atoms with Crippen molar-refractivity contribution >= 4 is 17.2 Å². The van der Waals surface area contributed by atoms with Crippen LogP contribution in [0.2, 0.25) is 0 Å². The highest BCUT2D eigenvalue weighted by Gasteiger charge is 2.33. The molecule has 1 aliphatic heterocycles. The summed E-state index contributed by atoms with van der Waals surface area (Å²) in [6.07, 6.45) is 1.03. The molecule has 7 heteroatoms. The molecule has 1 aromatic carbocycles. The van der Waals surface area contributed by atoms with E-state index in [1.807, 2.05) is 58.7 Å². The summed E-state index contributed by atoms with van der Waals surface area (Å²) in [4.78, 5) is 18.6. The van der Waals surface area contributed by atoms with Crippen LogP contribution in [0.5, 0.6) is 0 Å². The second-order valence-corrected chi connectivity index (χ2v) is 7.52. The third kappa shape index (κ3) is 3.81. The number of primary amides is 1. The Labute approximate surface area is 168 Å². The first kappa shape index (κ1) is 19.4. The van der Waals surface area contributed by atoms with Crippen molar-refractivity contribution in [2.75, 3.05) is 18.0 Å². The summed E-state index contributed by atoms with van der Waals surface area (Å²) in [5.41, 5.74) is 10.4. The molecular weight excluding hydrogens is 374 g/mol. The molecule has 3 aromatic rings. The second kappa shape index (κ2) is 7.46. The Morgan fingerprint density at radius 1 is 1.14 bits per heavy atom. The van der Waals surface area contributed by atoms with Crippen LogP contribution in [0.1, 0.15) is 47.2 Å². The van der Waals surface area contributed by atoms with Gasteiger partial charge in [-0.25, -0.2) is 13.8 Å². The Bertz CT molecular complexity index is 1030. The number of piperidine rings is 1. The van der Waals surface area contributed by atoms with Crippen molar-refractivity contribution in [1.82, 2.24) is 9.38 Å². The van der Waals surface area contributed by atoms with E-state index in [9.17, 15) is 13.6 Å². The number of benzene rings is 1. The summed E-state index contributed by atoms with van der Waals surface area (Å²) in [5, 5.41) is 0. The fraction of sp³-hybridized carbons (Fsp3) is 0.364. The third-order valence-electron chi connectivity index (χ3n) is 5.55. The molecule has 29 heavy (non-hydrogen) atoms. The van der Waals surface area contributed by atoms with Gasteiger partial charge in [-0.3, -0.25) is 9.20 Å². The molecule has 1 aliphatic rings. The first-order valence-corrected chi connectivity index (χ1v) is 9.89. The molecule has 0 unspecified atom stereocenters. The third-order valence-corrected chi connectivity index (χ3v) is 5.55. The van der Waals surface area contributed by atoms with Crippen LogP contribution in [0.3, 0.4) is 0 Å². The van der Waals surface area contributed by atoms with Crippen molar-refractivity contribution in [3.63, 3.8) is 0 Å². The monoisotopic (exact) mass is 398 g/mol. The lowest BCUT2D eigenvalue weighted by Crippen LogP contribution is -2.39. The van der Waals surface area contributed by atoms with Crippen molar-refractivity contribution in [1.29, 1.82) is 0 Å². The van der Waals surface area contributed by atoms with Crippen LogP contribution >= 0.6 is 0 Å². The number of hydrogen-bond acceptors (Lipinski definition) is 3. The number of anilines is 1. The van der Waals surface area contributed by atoms with Gasteiger partial charge < -0.3 is 10.6 Å². The van der Waals surface area contributed by atoms with Crippen LogP contribution in [0, 0.1) is 0 Å². The lowest BCUT2D eigenvalue weighted by atomic mass is 10.0. The highest BCUT2D eigenvalue weighted by Crippen LogP contribution is 2.30. The van der Waals surface area contributed by atoms with E-state index in [4.69, 9.17) is 5.73 Å². The highest BCUT2D eigenvalue weighted by atomic mass is 19.3. The molecule has 0 bridgehead atoms. The first-order valence-electron chi connectivity index (χ1n) is 9.89. The van der Waals surface area contributed by atoms with E-state index in [-0.39, 0.29) is 12.8 Å². The molecule has 0 saturated carbocycles. The van der Waals surface area contributed by atoms with Gasteiger partial charge in [-0.15, -0.1) is 0 Å². The Hall–Kier alpha value is -2.96. The standard InChI is InChI=1S/C22H24F2N4O/c1-2-18-20(21(25)29)28-17(4-3-5-19(28)26-18)14-15-6-8-16(9-7-15)27-12-10-22(23,24)11-13-27/h3-9H,2,10-14H2,1H3,(H2,25,29). The van der Waals surface area contributed by atoms with E-state index >= 15 is 0 Å². The fourth-order valence-corrected chi connectivity index (χ4v) is 3.97. The lowest BCUT2D eigenvalue weighted by Gasteiger charge is -2.33. The number of aryl methyl sites for hydroxylation is 1. The van der Waals surface area contributed by atoms with Gasteiger partial charge in [0.05, 0.1) is 5.69 Å². The molecule has 1 amide bonds. The predicted octanol–water partition coefficient (Wildman–Crippen LogP) is 3.82. The number of carbonyl (C=O) groups excluding carboxylic acids is 1. The number of imidazole rings is 1. The molecule has 2 N–H and O–H groups in total. The van der Waals surface area contributed by atoms with Crippen molar-refractivity contribution in [3.8, 4) is 0 Å². The van der Waals surface area contributed by atoms with Gasteiger partial charge >= 0.3 is 0 Å². The van der Waals surface area contributed by atoms with Gasteiger partial charge in [-0.2, -0.15) is 0 Å². The largest absolute Gasteiger partial charge is 0.371 e. The Morgan fingerprint density at radius 2 is 1.83 bits per heavy atom. The summed E-state index contributed by atoms with van der Waals surface area (Å²) >= 11 is 0. The van der Waals surface area contributed by atoms with Gasteiger partial charge in [0.15, 0.2) is 0 Å². The number of nitrogens with zero attached hydrogens (tertiary/aromatic N) is 3. The lowest BCUT2D eigenvalue weighted by molar-refractivity contribution is -0.0220. The predicted molar refractivity (Wildman–Crippen MR) is 109 cm³/mol. The van der Waals surface area contributed by atoms with E-state index in [1.54, 1.807) is 0 Å². The number of hydrogen-bond donors (Lipinski definition) is 1. The van der Waals surface area contributed by atoms with Crippen LogP contribution in [0.4, 0.5) is 14.5 Å². The number of rotatable bonds is 5. The van der Waals surface area contributed by atoms with E-state index in [0.717, 1.165) is 16.9 Å². The van der Waals surface area contributed by atoms with Gasteiger partial charge in [-0.05, 0) is 36.2 Å². The maximum Gasteiger partial charge on any atom is 0.267 e. The van der Waals surface area contributed by atoms with Crippen LogP contribution in [0.25, 0.3) is 5.65 Å². The topological polar surface area (TPSA) is 63.6 Å². The fourth-order valence-electron chi connectivity index (χ4n) is 3.97. The van der Waals surface area contributed by atoms with Gasteiger partial charge in [0.1, 0.15) is 11.3 Å². The van der Waals surface area contributed by atoms with Crippen molar-refractivity contribution in [2.24, 2.45) is 5.73 Å². The number of aromatic nitrogens is 2. The Morgan fingerprint density at radius 3 is 2.45 bits per heavy atom. The quantitative estimate of drug-likeness (QED) is 0.711. The highest BCUT2D eigenvalue weighted by molar-refractivity contribution is 5.93. The minimum Gasteiger partial charge on any atom is -0.371 e. The van der Waals surface area contributed by atoms with E-state index in [1.165, 1.54) is 0 Å². The molecule has 0 atom stereocenters. The molecule has 0 spiro atoms. The summed E-state index contributed by atoms with van der Waals surface area (Å²) in [6, 6.07) is 13.7. The average molecular weight is 398 g/mol. The van der Waals surface area contributed by atoms with Gasteiger partial charge in [0.2, 0.25) is 0 Å². The molecule has 3 heterocycles. The molecule has 1 saturated heterocycles. The molecule has 0 aliphatic carbocycles. The van der Waals surface area contributed by atoms with Gasteiger partial charge in [0.25, 0.3) is 11.8 Å². The summed E-state index contributed by atoms with van der Waals surface area (Å²) in [5.74, 6) is -3.03. The molecule has 5 nitrogen and oxygen atoms in total. The van der Waals surface area contributed by atoms with Crippen LogP contribution < -0.4 is 10.6 Å². The van der Waals surface area contributed by atoms with Crippen molar-refractivity contribution < 1.29 is 13.6 Å². The number of halogens is 2. The molecule has 152 valence electrons. The molecular formula is C22H24F2N4O. The molecule has 2 aromatic heterocycles. The SMILES string of the molecule is CCc1nc2cccc(Cc3ccc(N4CCC(F)(F)CC4)cc3)n2c1C(N)=O. The number of alkyl halides is 2. The molecule has 0 radical (unpaired) electrons. The van der Waals surface area contributed by atoms with Gasteiger partial charge in [0, 0.05) is 43.7 Å². The maximum absolute atomic E-state index is 13.4. The number of amides is 1. The smallest absolute Gasteiger partial charge is 0.267 e. The summed E-state index contributed by atoms with van der Waals surface area (Å²) < 4.78 is 28.6. The molecule has 1 fully saturated rings. The maximum atomic E-state index is 13.4. The Balaban J connectivity index is 1.59. The van der Waals surface area contributed by atoms with Crippen LogP contribution in [0.15, 0.2) is 42.5 Å². The first-order chi connectivity index (χ1) is 13.9. The van der Waals surface area contributed by atoms with E-state index < -0.39 is 11.8 Å². The van der Waals surface area contributed by atoms with Crippen molar-refractivity contribution in [3.05, 3.63) is 65.1 Å². The number of pyridine rings is 1. The zero-order valence-electron chi connectivity index (χ0n) is 16.4. The minimum absolute atomic E-state index is 0.104. The van der Waals surface area contributed by atoms with Crippen molar-refractivity contribution in [2.45, 2.75) is 38.5 Å². The zero-order valence-corrected chi connectivity index (χ0v) is 16.4. The number of nitrogens with two attached hydrogens (primary N) is 1. The van der Waals surface area contributed by atoms with E-state index in [0.29, 0.717) is 43.0 Å². The Kier molecular flexibility index (Phi) is 4.98.